The number of nitrogens with one attached hydrogen (secondary N) is 1. The number of hydrogen-bond acceptors (Lipinski definition) is 6. The summed E-state index contributed by atoms with van der Waals surface area (Å²) in [4.78, 5) is 12.2. The zero-order valence-electron chi connectivity index (χ0n) is 14.9. The van der Waals surface area contributed by atoms with E-state index in [-0.39, 0.29) is 23.5 Å². The third-order valence-corrected chi connectivity index (χ3v) is 4.90. The van der Waals surface area contributed by atoms with Gasteiger partial charge < -0.3 is 10.4 Å². The smallest absolute Gasteiger partial charge is 0.230 e. The van der Waals surface area contributed by atoms with Gasteiger partial charge in [-0.1, -0.05) is 42.1 Å². The van der Waals surface area contributed by atoms with E-state index in [1.54, 1.807) is 24.3 Å². The zero-order valence-corrected chi connectivity index (χ0v) is 15.8. The summed E-state index contributed by atoms with van der Waals surface area (Å²) >= 11 is 1.27. The summed E-state index contributed by atoms with van der Waals surface area (Å²) in [5.74, 6) is 0.347. The summed E-state index contributed by atoms with van der Waals surface area (Å²) in [7, 11) is 0. The molecule has 27 heavy (non-hydrogen) atoms. The molecule has 0 unspecified atom stereocenters. The number of nitrogens with zero attached hydrogens (tertiary/aromatic N) is 4. The van der Waals surface area contributed by atoms with Gasteiger partial charge in [0.15, 0.2) is 0 Å². The molecule has 0 saturated heterocycles. The summed E-state index contributed by atoms with van der Waals surface area (Å²) in [5, 5.41) is 24.5. The Morgan fingerprint density at radius 3 is 2.67 bits per heavy atom. The topological polar surface area (TPSA) is 92.9 Å². The maximum absolute atomic E-state index is 12.2. The number of aryl methyl sites for hydroxylation is 1. The number of carbonyl (C=O) groups excluding carboxylic acids is 1. The van der Waals surface area contributed by atoms with Crippen LogP contribution in [0.1, 0.15) is 18.9 Å². The standard InChI is InChI=1S/C19H21N5O2S/c1-14(7-8-15-5-3-2-4-6-15)20-18(26)13-27-19-21-22-23-24(19)16-9-11-17(25)12-10-16/h2-6,9-12,14,25H,7-8,13H2,1H3,(H,20,26)/t14-/m1/s1. The minimum Gasteiger partial charge on any atom is -0.508 e. The molecule has 2 aromatic carbocycles. The summed E-state index contributed by atoms with van der Waals surface area (Å²) in [6.07, 6.45) is 1.81. The van der Waals surface area contributed by atoms with Crippen molar-refractivity contribution in [3.05, 3.63) is 60.2 Å². The first kappa shape index (κ1) is 18.9. The van der Waals surface area contributed by atoms with E-state index in [0.29, 0.717) is 5.16 Å². The molecular formula is C19H21N5O2S. The Morgan fingerprint density at radius 2 is 1.93 bits per heavy atom. The highest BCUT2D eigenvalue weighted by Gasteiger charge is 2.13. The van der Waals surface area contributed by atoms with Crippen LogP contribution >= 0.6 is 11.8 Å². The van der Waals surface area contributed by atoms with Crippen LogP contribution in [0.4, 0.5) is 0 Å². The molecule has 0 radical (unpaired) electrons. The van der Waals surface area contributed by atoms with Gasteiger partial charge in [0.25, 0.3) is 0 Å². The number of aromatic hydroxyl groups is 1. The molecule has 1 atom stereocenters. The third-order valence-electron chi connectivity index (χ3n) is 3.98. The molecule has 0 aliphatic carbocycles. The van der Waals surface area contributed by atoms with E-state index in [1.165, 1.54) is 22.0 Å². The summed E-state index contributed by atoms with van der Waals surface area (Å²) < 4.78 is 1.54. The molecule has 1 heterocycles. The summed E-state index contributed by atoms with van der Waals surface area (Å²) in [6, 6.07) is 16.9. The fourth-order valence-electron chi connectivity index (χ4n) is 2.57. The monoisotopic (exact) mass is 383 g/mol. The molecule has 1 aromatic heterocycles. The number of tetrazole rings is 1. The Morgan fingerprint density at radius 1 is 1.19 bits per heavy atom. The first-order valence-corrected chi connectivity index (χ1v) is 9.64. The van der Waals surface area contributed by atoms with Crippen molar-refractivity contribution in [2.75, 3.05) is 5.75 Å². The highest BCUT2D eigenvalue weighted by Crippen LogP contribution is 2.19. The van der Waals surface area contributed by atoms with Crippen LogP contribution in [0.2, 0.25) is 0 Å². The first-order chi connectivity index (χ1) is 13.1. The van der Waals surface area contributed by atoms with Crippen molar-refractivity contribution in [3.8, 4) is 11.4 Å². The van der Waals surface area contributed by atoms with Crippen molar-refractivity contribution in [1.82, 2.24) is 25.5 Å². The average molecular weight is 383 g/mol. The normalized spacial score (nSPS) is 11.9. The predicted octanol–water partition coefficient (Wildman–Crippen LogP) is 2.60. The van der Waals surface area contributed by atoms with Crippen molar-refractivity contribution in [2.45, 2.75) is 31.0 Å². The molecule has 8 heteroatoms. The minimum absolute atomic E-state index is 0.0548. The van der Waals surface area contributed by atoms with Crippen LogP contribution in [0.25, 0.3) is 5.69 Å². The Kier molecular flexibility index (Phi) is 6.43. The lowest BCUT2D eigenvalue weighted by atomic mass is 10.1. The van der Waals surface area contributed by atoms with Crippen LogP contribution in [0, 0.1) is 0 Å². The molecule has 0 spiro atoms. The quantitative estimate of drug-likeness (QED) is 0.581. The number of hydrogen-bond donors (Lipinski definition) is 2. The maximum Gasteiger partial charge on any atom is 0.230 e. The third kappa shape index (κ3) is 5.55. The molecule has 3 rings (SSSR count). The van der Waals surface area contributed by atoms with Crippen LogP contribution in [0.3, 0.4) is 0 Å². The Bertz CT molecular complexity index is 867. The predicted molar refractivity (Wildman–Crippen MR) is 104 cm³/mol. The van der Waals surface area contributed by atoms with Crippen LogP contribution in [-0.2, 0) is 11.2 Å². The number of carbonyl (C=O) groups is 1. The second kappa shape index (κ2) is 9.18. The number of benzene rings is 2. The number of thioether (sulfide) groups is 1. The number of rotatable bonds is 8. The molecule has 0 saturated carbocycles. The lowest BCUT2D eigenvalue weighted by molar-refractivity contribution is -0.119. The highest BCUT2D eigenvalue weighted by atomic mass is 32.2. The largest absolute Gasteiger partial charge is 0.508 e. The Labute approximate surface area is 161 Å². The van der Waals surface area contributed by atoms with E-state index in [0.717, 1.165) is 18.5 Å². The molecule has 0 bridgehead atoms. The molecule has 140 valence electrons. The molecule has 3 aromatic rings. The minimum atomic E-state index is -0.0548. The van der Waals surface area contributed by atoms with E-state index in [1.807, 2.05) is 25.1 Å². The van der Waals surface area contributed by atoms with E-state index in [9.17, 15) is 9.90 Å². The zero-order chi connectivity index (χ0) is 19.1. The van der Waals surface area contributed by atoms with Crippen LogP contribution < -0.4 is 5.32 Å². The van der Waals surface area contributed by atoms with E-state index in [4.69, 9.17) is 0 Å². The van der Waals surface area contributed by atoms with Crippen molar-refractivity contribution >= 4 is 17.7 Å². The molecule has 1 amide bonds. The van der Waals surface area contributed by atoms with Gasteiger partial charge >= 0.3 is 0 Å². The van der Waals surface area contributed by atoms with Gasteiger partial charge in [-0.3, -0.25) is 4.79 Å². The number of phenolic OH excluding ortho intramolecular Hbond substituents is 1. The van der Waals surface area contributed by atoms with Gasteiger partial charge in [0, 0.05) is 6.04 Å². The lowest BCUT2D eigenvalue weighted by Gasteiger charge is -2.13. The summed E-state index contributed by atoms with van der Waals surface area (Å²) in [6.45, 7) is 2.01. The average Bonchev–Trinajstić information content (AvgIpc) is 3.15. The number of aromatic nitrogens is 4. The van der Waals surface area contributed by atoms with Gasteiger partial charge in [-0.15, -0.1) is 5.10 Å². The molecule has 0 aliphatic heterocycles. The Balaban J connectivity index is 1.48. The van der Waals surface area contributed by atoms with Crippen molar-refractivity contribution in [2.24, 2.45) is 0 Å². The highest BCUT2D eigenvalue weighted by molar-refractivity contribution is 7.99. The molecule has 0 aliphatic rings. The molecule has 7 nitrogen and oxygen atoms in total. The van der Waals surface area contributed by atoms with Crippen molar-refractivity contribution in [3.63, 3.8) is 0 Å². The van der Waals surface area contributed by atoms with Gasteiger partial charge in [0.2, 0.25) is 11.1 Å². The molecule has 0 fully saturated rings. The first-order valence-electron chi connectivity index (χ1n) is 8.65. The maximum atomic E-state index is 12.2. The van der Waals surface area contributed by atoms with E-state index < -0.39 is 0 Å². The van der Waals surface area contributed by atoms with E-state index >= 15 is 0 Å². The van der Waals surface area contributed by atoms with Gasteiger partial charge in [0.05, 0.1) is 11.4 Å². The second-order valence-corrected chi connectivity index (χ2v) is 7.11. The van der Waals surface area contributed by atoms with Gasteiger partial charge in [-0.25, -0.2) is 0 Å². The van der Waals surface area contributed by atoms with Crippen molar-refractivity contribution < 1.29 is 9.90 Å². The SMILES string of the molecule is C[C@H](CCc1ccccc1)NC(=O)CSc1nnnn1-c1ccc(O)cc1. The van der Waals surface area contributed by atoms with Gasteiger partial charge in [-0.05, 0) is 60.0 Å². The summed E-state index contributed by atoms with van der Waals surface area (Å²) in [5.41, 5.74) is 1.98. The second-order valence-electron chi connectivity index (χ2n) is 6.17. The van der Waals surface area contributed by atoms with E-state index in [2.05, 4.69) is 33.0 Å². The fourth-order valence-corrected chi connectivity index (χ4v) is 3.27. The van der Waals surface area contributed by atoms with Crippen molar-refractivity contribution in [1.29, 1.82) is 0 Å². The van der Waals surface area contributed by atoms with Gasteiger partial charge in [0.1, 0.15) is 5.75 Å². The molecular weight excluding hydrogens is 362 g/mol. The fraction of sp³-hybridized carbons (Fsp3) is 0.263. The van der Waals surface area contributed by atoms with Crippen LogP contribution in [0.5, 0.6) is 5.75 Å². The van der Waals surface area contributed by atoms with Gasteiger partial charge in [-0.2, -0.15) is 4.68 Å². The molecule has 2 N–H and O–H groups in total. The van der Waals surface area contributed by atoms with Crippen LogP contribution in [0.15, 0.2) is 59.8 Å². The lowest BCUT2D eigenvalue weighted by Crippen LogP contribution is -2.34. The Hall–Kier alpha value is -2.87. The number of amides is 1. The number of phenols is 1. The van der Waals surface area contributed by atoms with Crippen LogP contribution in [-0.4, -0.2) is 43.0 Å².